The van der Waals surface area contributed by atoms with E-state index < -0.39 is 0 Å². The molecule has 1 saturated carbocycles. The van der Waals surface area contributed by atoms with Crippen molar-refractivity contribution in [2.75, 3.05) is 17.6 Å². The summed E-state index contributed by atoms with van der Waals surface area (Å²) in [6.45, 7) is 1.82. The molecule has 1 aliphatic carbocycles. The Morgan fingerprint density at radius 3 is 2.88 bits per heavy atom. The van der Waals surface area contributed by atoms with Gasteiger partial charge in [-0.05, 0) is 37.5 Å². The highest BCUT2D eigenvalue weighted by Gasteiger charge is 2.22. The summed E-state index contributed by atoms with van der Waals surface area (Å²) in [5.74, 6) is -0.399. The maximum Gasteiger partial charge on any atom is 0.239 e. The van der Waals surface area contributed by atoms with E-state index in [1.54, 1.807) is 13.0 Å². The summed E-state index contributed by atoms with van der Waals surface area (Å²) in [5.41, 5.74) is 7.06. The summed E-state index contributed by atoms with van der Waals surface area (Å²) < 4.78 is 13.2. The number of carbonyl (C=O) groups excluding carboxylic acids is 1. The normalized spacial score (nSPS) is 14.5. The Morgan fingerprint density at radius 2 is 2.24 bits per heavy atom. The van der Waals surface area contributed by atoms with Crippen molar-refractivity contribution in [1.29, 1.82) is 0 Å². The molecular weight excluding hydrogens is 221 g/mol. The second-order valence-electron chi connectivity index (χ2n) is 4.38. The lowest BCUT2D eigenvalue weighted by atomic mass is 10.2. The fourth-order valence-electron chi connectivity index (χ4n) is 1.53. The zero-order valence-corrected chi connectivity index (χ0v) is 9.72. The molecule has 1 amide bonds. The number of nitrogens with one attached hydrogen (secondary N) is 2. The second-order valence-corrected chi connectivity index (χ2v) is 4.38. The number of hydrogen-bond acceptors (Lipinski definition) is 3. The molecule has 0 aromatic heterocycles. The van der Waals surface area contributed by atoms with Gasteiger partial charge < -0.3 is 16.4 Å². The van der Waals surface area contributed by atoms with Crippen LogP contribution in [-0.4, -0.2) is 18.5 Å². The third kappa shape index (κ3) is 3.09. The maximum atomic E-state index is 13.2. The van der Waals surface area contributed by atoms with Crippen LogP contribution in [0.15, 0.2) is 12.1 Å². The van der Waals surface area contributed by atoms with Gasteiger partial charge in [-0.2, -0.15) is 0 Å². The molecule has 0 saturated heterocycles. The molecular formula is C12H16FN3O. The van der Waals surface area contributed by atoms with Gasteiger partial charge in [0, 0.05) is 6.04 Å². The Hall–Kier alpha value is -1.78. The number of benzene rings is 1. The van der Waals surface area contributed by atoms with Crippen molar-refractivity contribution in [3.8, 4) is 0 Å². The van der Waals surface area contributed by atoms with Gasteiger partial charge in [0.15, 0.2) is 0 Å². The van der Waals surface area contributed by atoms with E-state index in [-0.39, 0.29) is 18.3 Å². The Balaban J connectivity index is 1.93. The zero-order chi connectivity index (χ0) is 12.4. The molecule has 1 aromatic carbocycles. The highest BCUT2D eigenvalue weighted by atomic mass is 19.1. The van der Waals surface area contributed by atoms with Gasteiger partial charge in [0.1, 0.15) is 5.82 Å². The Kier molecular flexibility index (Phi) is 3.17. The molecule has 1 aliphatic rings. The van der Waals surface area contributed by atoms with E-state index in [1.807, 2.05) is 0 Å². The van der Waals surface area contributed by atoms with E-state index in [0.717, 1.165) is 12.8 Å². The van der Waals surface area contributed by atoms with Gasteiger partial charge >= 0.3 is 0 Å². The lowest BCUT2D eigenvalue weighted by Crippen LogP contribution is -2.31. The summed E-state index contributed by atoms with van der Waals surface area (Å²) in [6, 6.07) is 3.21. The smallest absolute Gasteiger partial charge is 0.239 e. The number of halogens is 1. The Morgan fingerprint density at radius 1 is 1.53 bits per heavy atom. The van der Waals surface area contributed by atoms with Crippen LogP contribution in [0.5, 0.6) is 0 Å². The summed E-state index contributed by atoms with van der Waals surface area (Å²) in [6.07, 6.45) is 2.12. The van der Waals surface area contributed by atoms with Crippen LogP contribution in [-0.2, 0) is 4.79 Å². The van der Waals surface area contributed by atoms with E-state index in [9.17, 15) is 9.18 Å². The number of hydrogen-bond donors (Lipinski definition) is 3. The number of amides is 1. The van der Waals surface area contributed by atoms with Crippen LogP contribution in [0.1, 0.15) is 18.4 Å². The number of nitrogen functional groups attached to an aromatic ring is 1. The fraction of sp³-hybridized carbons (Fsp3) is 0.417. The van der Waals surface area contributed by atoms with Crippen LogP contribution in [0.4, 0.5) is 15.8 Å². The first kappa shape index (κ1) is 11.7. The van der Waals surface area contributed by atoms with Gasteiger partial charge in [0.05, 0.1) is 17.9 Å². The van der Waals surface area contributed by atoms with Crippen LogP contribution in [0, 0.1) is 12.7 Å². The minimum atomic E-state index is -0.338. The van der Waals surface area contributed by atoms with Crippen molar-refractivity contribution in [3.05, 3.63) is 23.5 Å². The standard InChI is InChI=1S/C12H16FN3O/c1-7-4-11(10(14)5-9(7)13)15-6-12(17)16-8-2-3-8/h4-5,8,15H,2-3,6,14H2,1H3,(H,16,17). The molecule has 0 bridgehead atoms. The largest absolute Gasteiger partial charge is 0.397 e. The van der Waals surface area contributed by atoms with Crippen molar-refractivity contribution in [1.82, 2.24) is 5.32 Å². The monoisotopic (exact) mass is 237 g/mol. The molecule has 1 aromatic rings. The maximum absolute atomic E-state index is 13.2. The Labute approximate surface area is 99.4 Å². The second kappa shape index (κ2) is 4.61. The molecule has 0 unspecified atom stereocenters. The molecule has 0 spiro atoms. The molecule has 4 nitrogen and oxygen atoms in total. The van der Waals surface area contributed by atoms with E-state index in [2.05, 4.69) is 10.6 Å². The van der Waals surface area contributed by atoms with Gasteiger partial charge in [0.2, 0.25) is 5.91 Å². The van der Waals surface area contributed by atoms with Crippen LogP contribution < -0.4 is 16.4 Å². The molecule has 17 heavy (non-hydrogen) atoms. The Bertz CT molecular complexity index is 444. The summed E-state index contributed by atoms with van der Waals surface area (Å²) in [7, 11) is 0. The molecule has 0 radical (unpaired) electrons. The average molecular weight is 237 g/mol. The molecule has 0 atom stereocenters. The third-order valence-electron chi connectivity index (χ3n) is 2.71. The van der Waals surface area contributed by atoms with Crippen molar-refractivity contribution in [2.24, 2.45) is 0 Å². The number of aryl methyl sites for hydroxylation is 1. The molecule has 4 N–H and O–H groups in total. The predicted molar refractivity (Wildman–Crippen MR) is 65.2 cm³/mol. The highest BCUT2D eigenvalue weighted by molar-refractivity contribution is 5.82. The van der Waals surface area contributed by atoms with Crippen LogP contribution in [0.2, 0.25) is 0 Å². The van der Waals surface area contributed by atoms with Crippen molar-refractivity contribution in [3.63, 3.8) is 0 Å². The molecule has 1 fully saturated rings. The number of anilines is 2. The van der Waals surface area contributed by atoms with E-state index in [4.69, 9.17) is 5.73 Å². The summed E-state index contributed by atoms with van der Waals surface area (Å²) >= 11 is 0. The lowest BCUT2D eigenvalue weighted by Gasteiger charge is -2.10. The molecule has 2 rings (SSSR count). The van der Waals surface area contributed by atoms with Crippen LogP contribution in [0.3, 0.4) is 0 Å². The summed E-state index contributed by atoms with van der Waals surface area (Å²) in [5, 5.41) is 5.76. The van der Waals surface area contributed by atoms with E-state index >= 15 is 0 Å². The van der Waals surface area contributed by atoms with Crippen molar-refractivity contribution in [2.45, 2.75) is 25.8 Å². The van der Waals surface area contributed by atoms with Gasteiger partial charge in [-0.25, -0.2) is 4.39 Å². The number of rotatable bonds is 4. The first-order valence-corrected chi connectivity index (χ1v) is 5.65. The SMILES string of the molecule is Cc1cc(NCC(=O)NC2CC2)c(N)cc1F. The average Bonchev–Trinajstić information content (AvgIpc) is 3.05. The fourth-order valence-corrected chi connectivity index (χ4v) is 1.53. The molecule has 5 heteroatoms. The minimum Gasteiger partial charge on any atom is -0.397 e. The molecule has 92 valence electrons. The molecule has 0 aliphatic heterocycles. The van der Waals surface area contributed by atoms with Crippen LogP contribution in [0.25, 0.3) is 0 Å². The van der Waals surface area contributed by atoms with Gasteiger partial charge in [-0.3, -0.25) is 4.79 Å². The third-order valence-corrected chi connectivity index (χ3v) is 2.71. The van der Waals surface area contributed by atoms with Gasteiger partial charge in [-0.15, -0.1) is 0 Å². The quantitative estimate of drug-likeness (QED) is 0.693. The molecule has 0 heterocycles. The number of carbonyl (C=O) groups is 1. The zero-order valence-electron chi connectivity index (χ0n) is 9.72. The summed E-state index contributed by atoms with van der Waals surface area (Å²) in [4.78, 5) is 11.4. The first-order chi connectivity index (χ1) is 8.06. The predicted octanol–water partition coefficient (Wildman–Crippen LogP) is 1.41. The highest BCUT2D eigenvalue weighted by Crippen LogP contribution is 2.22. The first-order valence-electron chi connectivity index (χ1n) is 5.65. The van der Waals surface area contributed by atoms with Gasteiger partial charge in [-0.1, -0.05) is 0 Å². The van der Waals surface area contributed by atoms with E-state index in [1.165, 1.54) is 6.07 Å². The minimum absolute atomic E-state index is 0.0612. The van der Waals surface area contributed by atoms with Crippen molar-refractivity contribution < 1.29 is 9.18 Å². The van der Waals surface area contributed by atoms with Crippen molar-refractivity contribution >= 4 is 17.3 Å². The lowest BCUT2D eigenvalue weighted by molar-refractivity contribution is -0.119. The topological polar surface area (TPSA) is 67.2 Å². The van der Waals surface area contributed by atoms with Crippen LogP contribution >= 0.6 is 0 Å². The number of nitrogens with two attached hydrogens (primary N) is 1. The van der Waals surface area contributed by atoms with Gasteiger partial charge in [0.25, 0.3) is 0 Å². The van der Waals surface area contributed by atoms with E-state index in [0.29, 0.717) is 23.0 Å².